The van der Waals surface area contributed by atoms with Crippen LogP contribution in [0.2, 0.25) is 0 Å². The fourth-order valence-electron chi connectivity index (χ4n) is 10.9. The highest BCUT2D eigenvalue weighted by Gasteiger charge is 2.56. The lowest BCUT2D eigenvalue weighted by atomic mass is 9.52. The van der Waals surface area contributed by atoms with Crippen molar-refractivity contribution in [3.8, 4) is 5.69 Å². The quantitative estimate of drug-likeness (QED) is 0.181. The van der Waals surface area contributed by atoms with E-state index in [1.807, 2.05) is 0 Å². The molecule has 226 valence electrons. The Labute approximate surface area is 268 Å². The predicted octanol–water partition coefficient (Wildman–Crippen LogP) is 11.9. The van der Waals surface area contributed by atoms with Gasteiger partial charge in [-0.25, -0.2) is 0 Å². The average Bonchev–Trinajstić information content (AvgIpc) is 3.30. The van der Waals surface area contributed by atoms with E-state index in [9.17, 15) is 0 Å². The first-order valence-electron chi connectivity index (χ1n) is 17.2. The first-order valence-corrected chi connectivity index (χ1v) is 18.0. The van der Waals surface area contributed by atoms with Gasteiger partial charge in [0.1, 0.15) is 0 Å². The van der Waals surface area contributed by atoms with Gasteiger partial charge in [-0.15, -0.1) is 0 Å². The molecule has 5 fully saturated rings. The number of hydrogen-bond acceptors (Lipinski definition) is 0. The number of rotatable bonds is 0. The second-order valence-corrected chi connectivity index (χ2v) is 18.3. The van der Waals surface area contributed by atoms with E-state index in [4.69, 9.17) is 0 Å². The van der Waals surface area contributed by atoms with E-state index in [2.05, 4.69) is 124 Å². The smallest absolute Gasteiger partial charge is 0.0582 e. The normalized spacial score (nSPS) is 31.8. The second-order valence-electron chi connectivity index (χ2n) is 17.4. The van der Waals surface area contributed by atoms with Gasteiger partial charge in [0.25, 0.3) is 0 Å². The molecule has 43 heavy (non-hydrogen) atoms. The molecule has 4 aromatic rings. The molecule has 7 atom stereocenters. The minimum Gasteiger partial charge on any atom is -0.309 e. The number of fused-ring (bicyclic) bond motifs is 7. The summed E-state index contributed by atoms with van der Waals surface area (Å²) in [6.07, 6.45) is 8.45. The van der Waals surface area contributed by atoms with E-state index in [0.29, 0.717) is 11.8 Å². The summed E-state index contributed by atoms with van der Waals surface area (Å²) < 4.78 is 3.90. The van der Waals surface area contributed by atoms with Crippen LogP contribution in [0.15, 0.2) is 53.0 Å². The molecule has 0 N–H and O–H groups in total. The lowest BCUT2D eigenvalue weighted by Gasteiger charge is -2.53. The third-order valence-corrected chi connectivity index (χ3v) is 13.4. The van der Waals surface area contributed by atoms with Crippen LogP contribution in [0, 0.1) is 35.5 Å². The van der Waals surface area contributed by atoms with Gasteiger partial charge in [-0.3, -0.25) is 0 Å². The highest BCUT2D eigenvalue weighted by Crippen LogP contribution is 2.64. The van der Waals surface area contributed by atoms with Gasteiger partial charge >= 0.3 is 0 Å². The summed E-state index contributed by atoms with van der Waals surface area (Å²) in [7, 11) is 0. The zero-order chi connectivity index (χ0) is 30.2. The Morgan fingerprint density at radius 1 is 0.744 bits per heavy atom. The standard InChI is InChI=1S/C41H50BrN/c1-23-15-25-16-24(2)41(28-10-9-26(17-25)31(23)19-28)34-22-30(42)12-14-37(34)43-36-13-11-27(39(3,4)5)18-32(36)33-20-29(40(6,7)8)21-35(41)38(33)43/h11-14,18,20-26,28,31H,9-10,15-17,19H2,1-8H3. The number of benzene rings is 3. The molecule has 5 aliphatic carbocycles. The van der Waals surface area contributed by atoms with Crippen LogP contribution >= 0.6 is 15.9 Å². The Hall–Kier alpha value is -2.06. The molecule has 1 spiro atoms. The second kappa shape index (κ2) is 9.24. The van der Waals surface area contributed by atoms with E-state index in [-0.39, 0.29) is 16.2 Å². The third-order valence-electron chi connectivity index (χ3n) is 12.9. The minimum atomic E-state index is 0.0196. The summed E-state index contributed by atoms with van der Waals surface area (Å²) >= 11 is 3.99. The van der Waals surface area contributed by atoms with Crippen LogP contribution in [0.1, 0.15) is 116 Å². The van der Waals surface area contributed by atoms with E-state index in [1.165, 1.54) is 81.6 Å². The number of halogens is 1. The molecule has 10 rings (SSSR count). The van der Waals surface area contributed by atoms with Crippen LogP contribution in [-0.2, 0) is 16.2 Å². The minimum absolute atomic E-state index is 0.0196. The molecular formula is C41H50BrN. The van der Waals surface area contributed by atoms with E-state index >= 15 is 0 Å². The van der Waals surface area contributed by atoms with Crippen molar-refractivity contribution >= 4 is 37.7 Å². The Morgan fingerprint density at radius 2 is 1.49 bits per heavy atom. The van der Waals surface area contributed by atoms with Crippen LogP contribution in [-0.4, -0.2) is 4.57 Å². The summed E-state index contributed by atoms with van der Waals surface area (Å²) in [5.41, 5.74) is 10.6. The Kier molecular flexibility index (Phi) is 6.11. The molecule has 6 aliphatic rings. The molecule has 7 unspecified atom stereocenters. The molecule has 2 heterocycles. The van der Waals surface area contributed by atoms with Crippen molar-refractivity contribution in [1.29, 1.82) is 0 Å². The van der Waals surface area contributed by atoms with Crippen LogP contribution < -0.4 is 0 Å². The number of aromatic nitrogens is 1. The van der Waals surface area contributed by atoms with Gasteiger partial charge in [0, 0.05) is 20.7 Å². The van der Waals surface area contributed by atoms with Crippen molar-refractivity contribution in [1.82, 2.24) is 4.57 Å². The van der Waals surface area contributed by atoms with Gasteiger partial charge in [-0.2, -0.15) is 0 Å². The molecule has 0 radical (unpaired) electrons. The van der Waals surface area contributed by atoms with Crippen molar-refractivity contribution in [2.75, 3.05) is 0 Å². The molecule has 1 aliphatic heterocycles. The Balaban J connectivity index is 1.55. The molecule has 1 nitrogen and oxygen atoms in total. The lowest BCUT2D eigenvalue weighted by Crippen LogP contribution is -2.47. The molecule has 4 bridgehead atoms. The first-order chi connectivity index (χ1) is 20.3. The average molecular weight is 637 g/mol. The first kappa shape index (κ1) is 28.4. The Bertz CT molecular complexity index is 1780. The van der Waals surface area contributed by atoms with Crippen molar-refractivity contribution in [2.24, 2.45) is 35.5 Å². The van der Waals surface area contributed by atoms with Crippen molar-refractivity contribution in [3.05, 3.63) is 75.3 Å². The SMILES string of the molecule is CC1CC2CC3CCC(CC13)C1(c3cc(Br)ccc3-n3c4ccc(C(C)(C)C)cc4c4cc(C(C)(C)C)cc1c43)C(C)C2. The van der Waals surface area contributed by atoms with Crippen LogP contribution in [0.5, 0.6) is 0 Å². The highest BCUT2D eigenvalue weighted by molar-refractivity contribution is 9.10. The fourth-order valence-corrected chi connectivity index (χ4v) is 11.3. The molecule has 3 aromatic carbocycles. The van der Waals surface area contributed by atoms with Gasteiger partial charge in [-0.1, -0.05) is 83.5 Å². The van der Waals surface area contributed by atoms with E-state index < -0.39 is 0 Å². The van der Waals surface area contributed by atoms with Crippen LogP contribution in [0.25, 0.3) is 27.5 Å². The van der Waals surface area contributed by atoms with Gasteiger partial charge in [0.05, 0.1) is 16.7 Å². The molecular weight excluding hydrogens is 586 g/mol. The predicted molar refractivity (Wildman–Crippen MR) is 187 cm³/mol. The fraction of sp³-hybridized carbons (Fsp3) is 0.561. The number of hydrogen-bond donors (Lipinski definition) is 0. The maximum atomic E-state index is 3.99. The third kappa shape index (κ3) is 3.93. The molecule has 2 heteroatoms. The summed E-state index contributed by atoms with van der Waals surface area (Å²) in [5, 5.41) is 2.89. The van der Waals surface area contributed by atoms with Gasteiger partial charge in [0.2, 0.25) is 0 Å². The van der Waals surface area contributed by atoms with Crippen LogP contribution in [0.3, 0.4) is 0 Å². The monoisotopic (exact) mass is 635 g/mol. The topological polar surface area (TPSA) is 4.93 Å². The number of nitrogens with zero attached hydrogens (tertiary/aromatic N) is 1. The van der Waals surface area contributed by atoms with Crippen molar-refractivity contribution in [2.45, 2.75) is 110 Å². The van der Waals surface area contributed by atoms with E-state index in [1.54, 1.807) is 11.1 Å². The van der Waals surface area contributed by atoms with Gasteiger partial charge in [-0.05, 0) is 144 Å². The van der Waals surface area contributed by atoms with Crippen molar-refractivity contribution < 1.29 is 0 Å². The molecule has 1 aromatic heterocycles. The summed E-state index contributed by atoms with van der Waals surface area (Å²) in [5.74, 6) is 4.82. The van der Waals surface area contributed by atoms with Gasteiger partial charge < -0.3 is 4.57 Å². The molecule has 5 saturated carbocycles. The molecule has 0 saturated heterocycles. The summed E-state index contributed by atoms with van der Waals surface area (Å²) in [6, 6.07) is 19.9. The maximum Gasteiger partial charge on any atom is 0.0582 e. The summed E-state index contributed by atoms with van der Waals surface area (Å²) in [4.78, 5) is 0. The largest absolute Gasteiger partial charge is 0.309 e. The zero-order valence-electron chi connectivity index (χ0n) is 27.7. The lowest BCUT2D eigenvalue weighted by molar-refractivity contribution is 0.0498. The zero-order valence-corrected chi connectivity index (χ0v) is 29.2. The van der Waals surface area contributed by atoms with E-state index in [0.717, 1.165) is 23.7 Å². The van der Waals surface area contributed by atoms with Crippen molar-refractivity contribution in [3.63, 3.8) is 0 Å². The highest BCUT2D eigenvalue weighted by atomic mass is 79.9. The maximum absolute atomic E-state index is 3.99. The van der Waals surface area contributed by atoms with Gasteiger partial charge in [0.15, 0.2) is 0 Å². The summed E-state index contributed by atoms with van der Waals surface area (Å²) in [6.45, 7) is 19.6. The Morgan fingerprint density at radius 3 is 2.23 bits per heavy atom. The van der Waals surface area contributed by atoms with Crippen LogP contribution in [0.4, 0.5) is 0 Å². The molecule has 0 amide bonds.